The Bertz CT molecular complexity index is 489. The first-order valence-corrected chi connectivity index (χ1v) is 5.01. The second-order valence-electron chi connectivity index (χ2n) is 3.65. The summed E-state index contributed by atoms with van der Waals surface area (Å²) < 4.78 is 0. The molecule has 4 N–H and O–H groups in total. The van der Waals surface area contributed by atoms with Gasteiger partial charge in [0.25, 0.3) is 5.91 Å². The highest BCUT2D eigenvalue weighted by Gasteiger charge is 2.23. The van der Waals surface area contributed by atoms with Crippen molar-refractivity contribution in [3.63, 3.8) is 0 Å². The van der Waals surface area contributed by atoms with Crippen molar-refractivity contribution in [1.82, 2.24) is 15.5 Å². The Morgan fingerprint density at radius 2 is 2.17 bits per heavy atom. The summed E-state index contributed by atoms with van der Waals surface area (Å²) in [5.74, 6) is -2.89. The molecule has 1 heterocycles. The van der Waals surface area contributed by atoms with Gasteiger partial charge in [-0.2, -0.15) is 5.10 Å². The first-order chi connectivity index (χ1) is 8.40. The summed E-state index contributed by atoms with van der Waals surface area (Å²) in [5.41, 5.74) is 5.57. The van der Waals surface area contributed by atoms with Crippen LogP contribution in [0.3, 0.4) is 0 Å². The van der Waals surface area contributed by atoms with E-state index in [1.165, 1.54) is 12.3 Å². The van der Waals surface area contributed by atoms with E-state index in [-0.39, 0.29) is 5.69 Å². The van der Waals surface area contributed by atoms with Crippen LogP contribution in [0.5, 0.6) is 0 Å². The van der Waals surface area contributed by atoms with E-state index in [2.05, 4.69) is 15.5 Å². The van der Waals surface area contributed by atoms with E-state index in [0.717, 1.165) is 0 Å². The fourth-order valence-electron chi connectivity index (χ4n) is 1.21. The molecular formula is C10H12N4O4. The van der Waals surface area contributed by atoms with Crippen molar-refractivity contribution in [3.8, 4) is 0 Å². The van der Waals surface area contributed by atoms with Crippen LogP contribution in [0.25, 0.3) is 0 Å². The molecule has 18 heavy (non-hydrogen) atoms. The summed E-state index contributed by atoms with van der Waals surface area (Å²) in [5, 5.41) is 18.1. The highest BCUT2D eigenvalue weighted by Crippen LogP contribution is 2.00. The molecule has 0 saturated heterocycles. The minimum absolute atomic E-state index is 0.0225. The highest BCUT2D eigenvalue weighted by molar-refractivity contribution is 5.96. The van der Waals surface area contributed by atoms with Crippen LogP contribution >= 0.6 is 0 Å². The predicted octanol–water partition coefficient (Wildman–Crippen LogP) is -1.16. The first kappa shape index (κ1) is 13.6. The minimum Gasteiger partial charge on any atom is -0.480 e. The molecule has 0 unspecified atom stereocenters. The molecule has 0 spiro atoms. The zero-order valence-corrected chi connectivity index (χ0v) is 9.58. The number of aliphatic carboxylic acids is 1. The second-order valence-corrected chi connectivity index (χ2v) is 3.65. The second kappa shape index (κ2) is 5.71. The lowest BCUT2D eigenvalue weighted by molar-refractivity contribution is -0.140. The van der Waals surface area contributed by atoms with E-state index in [1.54, 1.807) is 6.92 Å². The number of hydrogen-bond donors (Lipinski definition) is 3. The van der Waals surface area contributed by atoms with Crippen LogP contribution in [0.2, 0.25) is 0 Å². The number of nitrogens with zero attached hydrogens (tertiary/aromatic N) is 2. The maximum absolute atomic E-state index is 11.7. The molecule has 0 saturated carbocycles. The first-order valence-electron chi connectivity index (χ1n) is 5.01. The Morgan fingerprint density at radius 1 is 1.50 bits per heavy atom. The fraction of sp³-hybridized carbons (Fsp3) is 0.300. The Hall–Kier alpha value is -2.51. The van der Waals surface area contributed by atoms with Crippen molar-refractivity contribution in [2.75, 3.05) is 0 Å². The van der Waals surface area contributed by atoms with Gasteiger partial charge in [-0.15, -0.1) is 5.10 Å². The van der Waals surface area contributed by atoms with Crippen molar-refractivity contribution in [2.24, 2.45) is 5.73 Å². The van der Waals surface area contributed by atoms with Crippen LogP contribution < -0.4 is 11.1 Å². The molecule has 2 amide bonds. The molecular weight excluding hydrogens is 240 g/mol. The normalized spacial score (nSPS) is 11.6. The number of amides is 2. The lowest BCUT2D eigenvalue weighted by atomic mass is 10.2. The van der Waals surface area contributed by atoms with E-state index in [1.807, 2.05) is 0 Å². The summed E-state index contributed by atoms with van der Waals surface area (Å²) in [4.78, 5) is 33.1. The summed E-state index contributed by atoms with van der Waals surface area (Å²) in [7, 11) is 0. The number of carbonyl (C=O) groups excluding carboxylic acids is 2. The molecule has 1 aromatic heterocycles. The van der Waals surface area contributed by atoms with Crippen LogP contribution in [0.1, 0.15) is 22.5 Å². The van der Waals surface area contributed by atoms with Gasteiger partial charge in [0.2, 0.25) is 5.91 Å². The monoisotopic (exact) mass is 252 g/mol. The van der Waals surface area contributed by atoms with Crippen LogP contribution in [0, 0.1) is 6.92 Å². The Labute approximate surface area is 102 Å². The molecule has 8 nitrogen and oxygen atoms in total. The van der Waals surface area contributed by atoms with Crippen molar-refractivity contribution >= 4 is 17.8 Å². The molecule has 0 radical (unpaired) electrons. The van der Waals surface area contributed by atoms with Crippen LogP contribution in [-0.2, 0) is 9.59 Å². The van der Waals surface area contributed by atoms with Crippen molar-refractivity contribution in [3.05, 3.63) is 23.5 Å². The number of carbonyl (C=O) groups is 3. The topological polar surface area (TPSA) is 135 Å². The average Bonchev–Trinajstić information content (AvgIpc) is 2.27. The molecule has 96 valence electrons. The predicted molar refractivity (Wildman–Crippen MR) is 59.5 cm³/mol. The third-order valence-electron chi connectivity index (χ3n) is 2.03. The van der Waals surface area contributed by atoms with Crippen molar-refractivity contribution in [1.29, 1.82) is 0 Å². The van der Waals surface area contributed by atoms with E-state index in [0.29, 0.717) is 5.56 Å². The van der Waals surface area contributed by atoms with E-state index in [4.69, 9.17) is 10.8 Å². The maximum atomic E-state index is 11.7. The third-order valence-corrected chi connectivity index (χ3v) is 2.03. The van der Waals surface area contributed by atoms with Gasteiger partial charge in [-0.1, -0.05) is 0 Å². The number of nitrogens with one attached hydrogen (secondary N) is 1. The number of hydrogen-bond acceptors (Lipinski definition) is 5. The highest BCUT2D eigenvalue weighted by atomic mass is 16.4. The van der Waals surface area contributed by atoms with Gasteiger partial charge in [0.1, 0.15) is 6.04 Å². The van der Waals surface area contributed by atoms with Gasteiger partial charge in [-0.05, 0) is 18.6 Å². The molecule has 0 aliphatic rings. The van der Waals surface area contributed by atoms with Gasteiger partial charge in [0.05, 0.1) is 12.6 Å². The molecule has 8 heteroatoms. The van der Waals surface area contributed by atoms with E-state index in [9.17, 15) is 14.4 Å². The van der Waals surface area contributed by atoms with Crippen LogP contribution in [0.15, 0.2) is 12.3 Å². The molecule has 0 bridgehead atoms. The van der Waals surface area contributed by atoms with Crippen molar-refractivity contribution in [2.45, 2.75) is 19.4 Å². The largest absolute Gasteiger partial charge is 0.480 e. The van der Waals surface area contributed by atoms with Gasteiger partial charge in [-0.3, -0.25) is 9.59 Å². The van der Waals surface area contributed by atoms with Crippen LogP contribution in [-0.4, -0.2) is 39.1 Å². The smallest absolute Gasteiger partial charge is 0.326 e. The minimum atomic E-state index is -1.38. The zero-order chi connectivity index (χ0) is 13.7. The lowest BCUT2D eigenvalue weighted by Gasteiger charge is -2.12. The quantitative estimate of drug-likeness (QED) is 0.605. The summed E-state index contributed by atoms with van der Waals surface area (Å²) in [6, 6.07) is 0.0724. The average molecular weight is 252 g/mol. The number of carboxylic acid groups (broad SMARTS) is 1. The molecule has 0 aromatic carbocycles. The number of primary amides is 1. The molecule has 0 fully saturated rings. The molecule has 1 aromatic rings. The number of rotatable bonds is 5. The molecule has 1 rings (SSSR count). The van der Waals surface area contributed by atoms with Gasteiger partial charge >= 0.3 is 5.97 Å². The standard InChI is InChI=1S/C10H12N4O4/c1-5-2-6(14-12-4-5)9(16)13-7(10(17)18)3-8(11)15/h2,4,7H,3H2,1H3,(H2,11,15)(H,13,16)(H,17,18)/t7-/m0/s1. The van der Waals surface area contributed by atoms with Crippen molar-refractivity contribution < 1.29 is 19.5 Å². The summed E-state index contributed by atoms with van der Waals surface area (Å²) >= 11 is 0. The van der Waals surface area contributed by atoms with Gasteiger partial charge < -0.3 is 16.2 Å². The molecule has 1 atom stereocenters. The Balaban J connectivity index is 2.78. The Kier molecular flexibility index (Phi) is 4.30. The zero-order valence-electron chi connectivity index (χ0n) is 9.58. The number of aryl methyl sites for hydroxylation is 1. The maximum Gasteiger partial charge on any atom is 0.326 e. The van der Waals surface area contributed by atoms with Crippen LogP contribution in [0.4, 0.5) is 0 Å². The lowest BCUT2D eigenvalue weighted by Crippen LogP contribution is -2.43. The van der Waals surface area contributed by atoms with Gasteiger partial charge in [-0.25, -0.2) is 4.79 Å². The summed E-state index contributed by atoms with van der Waals surface area (Å²) in [6.07, 6.45) is 0.967. The summed E-state index contributed by atoms with van der Waals surface area (Å²) in [6.45, 7) is 1.71. The van der Waals surface area contributed by atoms with Gasteiger partial charge in [0.15, 0.2) is 5.69 Å². The number of carboxylic acids is 1. The van der Waals surface area contributed by atoms with Gasteiger partial charge in [0, 0.05) is 0 Å². The SMILES string of the molecule is Cc1cnnc(C(=O)N[C@@H](CC(N)=O)C(=O)O)c1. The molecule has 0 aliphatic carbocycles. The number of nitrogens with two attached hydrogens (primary N) is 1. The Morgan fingerprint density at radius 3 is 2.67 bits per heavy atom. The molecule has 0 aliphatic heterocycles. The van der Waals surface area contributed by atoms with E-state index >= 15 is 0 Å². The number of aromatic nitrogens is 2. The van der Waals surface area contributed by atoms with E-state index < -0.39 is 30.2 Å². The third kappa shape index (κ3) is 3.81. The fourth-order valence-corrected chi connectivity index (χ4v) is 1.21.